The number of carboxylic acid groups (broad SMARTS) is 2. The molecule has 0 saturated carbocycles. The van der Waals surface area contributed by atoms with Crippen molar-refractivity contribution in [3.63, 3.8) is 0 Å². The van der Waals surface area contributed by atoms with Gasteiger partial charge in [-0.1, -0.05) is 50.2 Å². The van der Waals surface area contributed by atoms with E-state index in [1.165, 1.54) is 0 Å². The molecule has 2 aromatic rings. The Hall–Kier alpha value is -2.90. The summed E-state index contributed by atoms with van der Waals surface area (Å²) >= 11 is 0. The van der Waals surface area contributed by atoms with Crippen molar-refractivity contribution in [1.29, 1.82) is 0 Å². The van der Waals surface area contributed by atoms with Crippen molar-refractivity contribution in [2.45, 2.75) is 26.3 Å². The number of para-hydroxylation sites is 2. The van der Waals surface area contributed by atoms with Gasteiger partial charge in [-0.2, -0.15) is 0 Å². The van der Waals surface area contributed by atoms with Crippen LogP contribution in [0.1, 0.15) is 20.3 Å². The van der Waals surface area contributed by atoms with Crippen LogP contribution in [0.25, 0.3) is 0 Å². The predicted octanol–water partition coefficient (Wildman–Crippen LogP) is 2.90. The van der Waals surface area contributed by atoms with Gasteiger partial charge in [0.15, 0.2) is 0 Å². The first kappa shape index (κ1) is 24.1. The van der Waals surface area contributed by atoms with Crippen molar-refractivity contribution in [3.8, 4) is 0 Å². The molecule has 0 spiro atoms. The molecule has 27 heavy (non-hydrogen) atoms. The summed E-state index contributed by atoms with van der Waals surface area (Å²) in [6.45, 7) is 3.62. The molecule has 2 rings (SSSR count). The van der Waals surface area contributed by atoms with E-state index in [0.29, 0.717) is 12.3 Å². The molecule has 7 N–H and O–H groups in total. The minimum Gasteiger partial charge on any atom is -0.480 e. The highest BCUT2D eigenvalue weighted by Crippen LogP contribution is 2.14. The van der Waals surface area contributed by atoms with Crippen molar-refractivity contribution in [1.82, 2.24) is 0 Å². The van der Waals surface area contributed by atoms with Crippen molar-refractivity contribution in [2.24, 2.45) is 17.4 Å². The van der Waals surface area contributed by atoms with Gasteiger partial charge in [0, 0.05) is 11.4 Å². The van der Waals surface area contributed by atoms with Gasteiger partial charge in [0.2, 0.25) is 0 Å². The monoisotopic (exact) mass is 375 g/mol. The molecule has 0 unspecified atom stereocenters. The molecule has 0 aliphatic heterocycles. The minimum atomic E-state index is -0.968. The quantitative estimate of drug-likeness (QED) is 0.523. The zero-order valence-corrected chi connectivity index (χ0v) is 15.7. The standard InChI is InChI=1S/C12H11N.C6H13NO2.C2H5NO2/c1-3-7-11(8-4-1)13-12-9-5-2-6-10-12;1-4(2)3-5(7)6(8)9;3-1-2(4)5/h1-10,13H;4-5H,3,7H2,1-2H3,(H,8,9);1,3H2,(H,4,5)/t;5-;/m.0./s1. The maximum atomic E-state index is 10.1. The Balaban J connectivity index is 0.000000423. The molecule has 0 aliphatic carbocycles. The van der Waals surface area contributed by atoms with Gasteiger partial charge in [0.25, 0.3) is 0 Å². The van der Waals surface area contributed by atoms with E-state index in [0.717, 1.165) is 11.4 Å². The number of benzene rings is 2. The van der Waals surface area contributed by atoms with Crippen LogP contribution in [-0.2, 0) is 9.59 Å². The highest BCUT2D eigenvalue weighted by atomic mass is 16.4. The van der Waals surface area contributed by atoms with E-state index in [-0.39, 0.29) is 6.54 Å². The van der Waals surface area contributed by atoms with E-state index in [1.54, 1.807) is 0 Å². The summed E-state index contributed by atoms with van der Waals surface area (Å²) in [6, 6.07) is 19.6. The number of nitrogens with two attached hydrogens (primary N) is 2. The number of carboxylic acids is 2. The first-order valence-corrected chi connectivity index (χ1v) is 8.53. The molecular formula is C20H29N3O4. The topological polar surface area (TPSA) is 139 Å². The van der Waals surface area contributed by atoms with Gasteiger partial charge < -0.3 is 27.0 Å². The third kappa shape index (κ3) is 14.0. The van der Waals surface area contributed by atoms with Gasteiger partial charge >= 0.3 is 11.9 Å². The largest absolute Gasteiger partial charge is 0.480 e. The van der Waals surface area contributed by atoms with E-state index in [4.69, 9.17) is 15.9 Å². The normalized spacial score (nSPS) is 10.6. The van der Waals surface area contributed by atoms with E-state index in [9.17, 15) is 9.59 Å². The predicted molar refractivity (Wildman–Crippen MR) is 108 cm³/mol. The first-order valence-electron chi connectivity index (χ1n) is 8.53. The van der Waals surface area contributed by atoms with Crippen LogP contribution in [0.5, 0.6) is 0 Å². The summed E-state index contributed by atoms with van der Waals surface area (Å²) in [5.74, 6) is -1.52. The average Bonchev–Trinajstić information content (AvgIpc) is 2.64. The second-order valence-corrected chi connectivity index (χ2v) is 6.03. The molecule has 2 aromatic carbocycles. The van der Waals surface area contributed by atoms with Gasteiger partial charge in [-0.05, 0) is 36.6 Å². The fraction of sp³-hybridized carbons (Fsp3) is 0.300. The van der Waals surface area contributed by atoms with Crippen molar-refractivity contribution >= 4 is 23.3 Å². The van der Waals surface area contributed by atoms with E-state index >= 15 is 0 Å². The van der Waals surface area contributed by atoms with Gasteiger partial charge in [0.05, 0.1) is 6.54 Å². The fourth-order valence-electron chi connectivity index (χ4n) is 1.82. The van der Waals surface area contributed by atoms with Crippen LogP contribution in [-0.4, -0.2) is 34.7 Å². The number of aliphatic carboxylic acids is 2. The Morgan fingerprint density at radius 3 is 1.52 bits per heavy atom. The van der Waals surface area contributed by atoms with Gasteiger partial charge in [-0.3, -0.25) is 9.59 Å². The minimum absolute atomic E-state index is 0.278. The third-order valence-corrected chi connectivity index (χ3v) is 3.05. The average molecular weight is 375 g/mol. The van der Waals surface area contributed by atoms with Crippen LogP contribution in [0.15, 0.2) is 60.7 Å². The highest BCUT2D eigenvalue weighted by molar-refractivity contribution is 5.73. The second-order valence-electron chi connectivity index (χ2n) is 6.03. The molecule has 0 fully saturated rings. The van der Waals surface area contributed by atoms with Crippen LogP contribution in [0.2, 0.25) is 0 Å². The Morgan fingerprint density at radius 2 is 1.30 bits per heavy atom. The molecule has 0 heterocycles. The lowest BCUT2D eigenvalue weighted by atomic mass is 10.1. The van der Waals surface area contributed by atoms with Crippen LogP contribution in [0, 0.1) is 5.92 Å². The number of rotatable bonds is 6. The Kier molecular flexibility index (Phi) is 12.8. The maximum Gasteiger partial charge on any atom is 0.320 e. The molecule has 7 nitrogen and oxygen atoms in total. The molecule has 0 aromatic heterocycles. The third-order valence-electron chi connectivity index (χ3n) is 3.05. The summed E-state index contributed by atoms with van der Waals surface area (Å²) in [5, 5.41) is 19.2. The van der Waals surface area contributed by atoms with Crippen LogP contribution in [0.4, 0.5) is 11.4 Å². The van der Waals surface area contributed by atoms with Crippen molar-refractivity contribution < 1.29 is 19.8 Å². The molecule has 1 atom stereocenters. The van der Waals surface area contributed by atoms with Gasteiger partial charge in [-0.25, -0.2) is 0 Å². The Morgan fingerprint density at radius 1 is 0.926 bits per heavy atom. The summed E-state index contributed by atoms with van der Waals surface area (Å²) in [7, 11) is 0. The lowest BCUT2D eigenvalue weighted by molar-refractivity contribution is -0.139. The molecule has 0 bridgehead atoms. The summed E-state index contributed by atoms with van der Waals surface area (Å²) in [4.78, 5) is 19.4. The van der Waals surface area contributed by atoms with Gasteiger partial charge in [-0.15, -0.1) is 0 Å². The van der Waals surface area contributed by atoms with E-state index < -0.39 is 18.0 Å². The van der Waals surface area contributed by atoms with Crippen LogP contribution >= 0.6 is 0 Å². The van der Waals surface area contributed by atoms with E-state index in [1.807, 2.05) is 74.5 Å². The van der Waals surface area contributed by atoms with Crippen molar-refractivity contribution in [2.75, 3.05) is 11.9 Å². The first-order chi connectivity index (χ1) is 12.8. The number of nitrogens with one attached hydrogen (secondary N) is 1. The Bertz CT molecular complexity index is 611. The van der Waals surface area contributed by atoms with Crippen LogP contribution < -0.4 is 16.8 Å². The number of carbonyl (C=O) groups is 2. The lowest BCUT2D eigenvalue weighted by Gasteiger charge is -2.07. The highest BCUT2D eigenvalue weighted by Gasteiger charge is 2.11. The molecule has 7 heteroatoms. The maximum absolute atomic E-state index is 10.1. The molecule has 0 radical (unpaired) electrons. The summed E-state index contributed by atoms with van der Waals surface area (Å²) in [6.07, 6.45) is 0.551. The van der Waals surface area contributed by atoms with E-state index in [2.05, 4.69) is 11.1 Å². The molecule has 0 amide bonds. The smallest absolute Gasteiger partial charge is 0.320 e. The summed E-state index contributed by atoms with van der Waals surface area (Å²) < 4.78 is 0. The Labute approximate surface area is 160 Å². The molecule has 148 valence electrons. The fourth-order valence-corrected chi connectivity index (χ4v) is 1.82. The molecule has 0 aliphatic rings. The van der Waals surface area contributed by atoms with Crippen LogP contribution in [0.3, 0.4) is 0 Å². The van der Waals surface area contributed by atoms with Gasteiger partial charge in [0.1, 0.15) is 6.04 Å². The van der Waals surface area contributed by atoms with Crippen molar-refractivity contribution in [3.05, 3.63) is 60.7 Å². The zero-order valence-electron chi connectivity index (χ0n) is 15.7. The number of hydrogen-bond acceptors (Lipinski definition) is 5. The molecular weight excluding hydrogens is 346 g/mol. The lowest BCUT2D eigenvalue weighted by Crippen LogP contribution is -2.31. The molecule has 0 saturated heterocycles. The second kappa shape index (κ2) is 14.3. The SMILES string of the molecule is CC(C)C[C@H](N)C(=O)O.NCC(=O)O.c1ccc(Nc2ccccc2)cc1. The number of hydrogen-bond donors (Lipinski definition) is 5. The number of anilines is 2. The summed E-state index contributed by atoms with van der Waals surface area (Å²) in [5.41, 5.74) is 12.0. The zero-order chi connectivity index (χ0) is 20.7.